The van der Waals surface area contributed by atoms with Crippen LogP contribution in [-0.4, -0.2) is 23.5 Å². The first-order valence-corrected chi connectivity index (χ1v) is 5.64. The molecular weight excluding hydrogens is 226 g/mol. The Morgan fingerprint density at radius 3 is 2.88 bits per heavy atom. The van der Waals surface area contributed by atoms with Crippen LogP contribution >= 0.6 is 11.6 Å². The lowest BCUT2D eigenvalue weighted by molar-refractivity contribution is -0.115. The molecular formula is C11H16ClN3O. The van der Waals surface area contributed by atoms with Gasteiger partial charge in [0, 0.05) is 12.2 Å². The van der Waals surface area contributed by atoms with Gasteiger partial charge in [-0.25, -0.2) is 4.98 Å². The average molecular weight is 242 g/mol. The molecule has 1 heterocycles. The Bertz CT molecular complexity index is 340. The standard InChI is InChI=1S/C11H16ClN3O/c1-3-8(2)13-7-11(16)15-10-5-4-9(12)6-14-10/h4-6,8,13H,3,7H2,1-2H3,(H,14,15,16). The largest absolute Gasteiger partial charge is 0.310 e. The molecule has 0 aliphatic heterocycles. The van der Waals surface area contributed by atoms with E-state index in [0.717, 1.165) is 6.42 Å². The maximum absolute atomic E-state index is 11.5. The van der Waals surface area contributed by atoms with E-state index in [1.54, 1.807) is 12.1 Å². The van der Waals surface area contributed by atoms with Gasteiger partial charge in [0.2, 0.25) is 5.91 Å². The number of halogens is 1. The molecule has 0 radical (unpaired) electrons. The molecule has 1 rings (SSSR count). The molecule has 1 unspecified atom stereocenters. The summed E-state index contributed by atoms with van der Waals surface area (Å²) in [5, 5.41) is 6.33. The number of pyridine rings is 1. The summed E-state index contributed by atoms with van der Waals surface area (Å²) in [6.07, 6.45) is 2.49. The van der Waals surface area contributed by atoms with Crippen LogP contribution in [-0.2, 0) is 4.79 Å². The summed E-state index contributed by atoms with van der Waals surface area (Å²) in [6, 6.07) is 3.69. The number of carbonyl (C=O) groups excluding carboxylic acids is 1. The van der Waals surface area contributed by atoms with Crippen LogP contribution in [0, 0.1) is 0 Å². The number of aromatic nitrogens is 1. The summed E-state index contributed by atoms with van der Waals surface area (Å²) in [7, 11) is 0. The fourth-order valence-corrected chi connectivity index (χ4v) is 1.16. The highest BCUT2D eigenvalue weighted by Gasteiger charge is 2.04. The molecule has 0 fully saturated rings. The van der Waals surface area contributed by atoms with Crippen molar-refractivity contribution in [3.8, 4) is 0 Å². The number of nitrogens with one attached hydrogen (secondary N) is 2. The molecule has 16 heavy (non-hydrogen) atoms. The highest BCUT2D eigenvalue weighted by atomic mass is 35.5. The van der Waals surface area contributed by atoms with Gasteiger partial charge in [-0.05, 0) is 25.5 Å². The highest BCUT2D eigenvalue weighted by molar-refractivity contribution is 6.30. The van der Waals surface area contributed by atoms with E-state index in [2.05, 4.69) is 22.5 Å². The summed E-state index contributed by atoms with van der Waals surface area (Å²) in [5.41, 5.74) is 0. The van der Waals surface area contributed by atoms with Crippen molar-refractivity contribution < 1.29 is 4.79 Å². The molecule has 2 N–H and O–H groups in total. The van der Waals surface area contributed by atoms with Crippen molar-refractivity contribution in [2.75, 3.05) is 11.9 Å². The predicted octanol–water partition coefficient (Wildman–Crippen LogP) is 2.06. The van der Waals surface area contributed by atoms with Gasteiger partial charge >= 0.3 is 0 Å². The number of amides is 1. The number of carbonyl (C=O) groups is 1. The van der Waals surface area contributed by atoms with Crippen LogP contribution in [0.5, 0.6) is 0 Å². The molecule has 4 nitrogen and oxygen atoms in total. The van der Waals surface area contributed by atoms with Crippen LogP contribution in [0.2, 0.25) is 5.02 Å². The fraction of sp³-hybridized carbons (Fsp3) is 0.455. The number of anilines is 1. The van der Waals surface area contributed by atoms with Crippen molar-refractivity contribution in [1.82, 2.24) is 10.3 Å². The molecule has 0 saturated heterocycles. The molecule has 1 aromatic heterocycles. The van der Waals surface area contributed by atoms with E-state index in [0.29, 0.717) is 23.4 Å². The van der Waals surface area contributed by atoms with Crippen molar-refractivity contribution in [3.63, 3.8) is 0 Å². The zero-order chi connectivity index (χ0) is 12.0. The molecule has 88 valence electrons. The maximum Gasteiger partial charge on any atom is 0.239 e. The van der Waals surface area contributed by atoms with Gasteiger partial charge in [-0.3, -0.25) is 4.79 Å². The third-order valence-corrected chi connectivity index (χ3v) is 2.44. The molecule has 0 aromatic carbocycles. The van der Waals surface area contributed by atoms with Gasteiger partial charge in [0.25, 0.3) is 0 Å². The quantitative estimate of drug-likeness (QED) is 0.830. The van der Waals surface area contributed by atoms with Crippen LogP contribution in [0.3, 0.4) is 0 Å². The summed E-state index contributed by atoms with van der Waals surface area (Å²) in [6.45, 7) is 4.39. The molecule has 0 aliphatic rings. The average Bonchev–Trinajstić information content (AvgIpc) is 2.29. The number of nitrogens with zero attached hydrogens (tertiary/aromatic N) is 1. The second-order valence-electron chi connectivity index (χ2n) is 3.60. The molecule has 0 bridgehead atoms. The lowest BCUT2D eigenvalue weighted by atomic mass is 10.2. The lowest BCUT2D eigenvalue weighted by Gasteiger charge is -2.10. The van der Waals surface area contributed by atoms with E-state index >= 15 is 0 Å². The van der Waals surface area contributed by atoms with Gasteiger partial charge in [-0.2, -0.15) is 0 Å². The molecule has 5 heteroatoms. The normalized spacial score (nSPS) is 12.2. The van der Waals surface area contributed by atoms with Crippen LogP contribution in [0.1, 0.15) is 20.3 Å². The molecule has 1 aromatic rings. The van der Waals surface area contributed by atoms with E-state index < -0.39 is 0 Å². The molecule has 0 aliphatic carbocycles. The van der Waals surface area contributed by atoms with Crippen LogP contribution in [0.4, 0.5) is 5.82 Å². The number of rotatable bonds is 5. The van der Waals surface area contributed by atoms with E-state index in [4.69, 9.17) is 11.6 Å². The topological polar surface area (TPSA) is 54.0 Å². The molecule has 1 atom stereocenters. The Morgan fingerprint density at radius 1 is 1.56 bits per heavy atom. The minimum absolute atomic E-state index is 0.102. The van der Waals surface area contributed by atoms with Crippen molar-refractivity contribution in [3.05, 3.63) is 23.4 Å². The summed E-state index contributed by atoms with van der Waals surface area (Å²) in [5.74, 6) is 0.412. The minimum atomic E-state index is -0.102. The smallest absolute Gasteiger partial charge is 0.239 e. The Morgan fingerprint density at radius 2 is 2.31 bits per heavy atom. The highest BCUT2D eigenvalue weighted by Crippen LogP contribution is 2.09. The second kappa shape index (κ2) is 6.45. The zero-order valence-corrected chi connectivity index (χ0v) is 10.2. The van der Waals surface area contributed by atoms with Crippen LogP contribution in [0.15, 0.2) is 18.3 Å². The third kappa shape index (κ3) is 4.59. The second-order valence-corrected chi connectivity index (χ2v) is 4.04. The van der Waals surface area contributed by atoms with Crippen molar-refractivity contribution in [1.29, 1.82) is 0 Å². The molecule has 0 spiro atoms. The van der Waals surface area contributed by atoms with Crippen molar-refractivity contribution >= 4 is 23.3 Å². The van der Waals surface area contributed by atoms with Crippen LogP contribution < -0.4 is 10.6 Å². The summed E-state index contributed by atoms with van der Waals surface area (Å²) < 4.78 is 0. The van der Waals surface area contributed by atoms with E-state index in [-0.39, 0.29) is 5.91 Å². The first-order chi connectivity index (χ1) is 7.61. The van der Waals surface area contributed by atoms with E-state index in [1.807, 2.05) is 6.92 Å². The predicted molar refractivity (Wildman–Crippen MR) is 65.6 cm³/mol. The van der Waals surface area contributed by atoms with Gasteiger partial charge in [-0.1, -0.05) is 18.5 Å². The van der Waals surface area contributed by atoms with E-state index in [1.165, 1.54) is 6.20 Å². The van der Waals surface area contributed by atoms with Gasteiger partial charge in [0.05, 0.1) is 11.6 Å². The lowest BCUT2D eigenvalue weighted by Crippen LogP contribution is -2.34. The maximum atomic E-state index is 11.5. The Hall–Kier alpha value is -1.13. The first kappa shape index (κ1) is 12.9. The summed E-state index contributed by atoms with van der Waals surface area (Å²) in [4.78, 5) is 15.4. The van der Waals surface area contributed by atoms with Gasteiger partial charge in [0.15, 0.2) is 0 Å². The van der Waals surface area contributed by atoms with Crippen molar-refractivity contribution in [2.24, 2.45) is 0 Å². The monoisotopic (exact) mass is 241 g/mol. The van der Waals surface area contributed by atoms with Gasteiger partial charge in [0.1, 0.15) is 5.82 Å². The minimum Gasteiger partial charge on any atom is -0.310 e. The molecule has 0 saturated carbocycles. The van der Waals surface area contributed by atoms with E-state index in [9.17, 15) is 4.79 Å². The van der Waals surface area contributed by atoms with Crippen molar-refractivity contribution in [2.45, 2.75) is 26.3 Å². The Kier molecular flexibility index (Phi) is 5.22. The van der Waals surface area contributed by atoms with Gasteiger partial charge < -0.3 is 10.6 Å². The number of hydrogen-bond acceptors (Lipinski definition) is 3. The zero-order valence-electron chi connectivity index (χ0n) is 9.46. The summed E-state index contributed by atoms with van der Waals surface area (Å²) >= 11 is 5.68. The Labute approximate surface area is 100 Å². The SMILES string of the molecule is CCC(C)NCC(=O)Nc1ccc(Cl)cn1. The third-order valence-electron chi connectivity index (χ3n) is 2.22. The molecule has 1 amide bonds. The number of hydrogen-bond donors (Lipinski definition) is 2. The first-order valence-electron chi connectivity index (χ1n) is 5.26. The Balaban J connectivity index is 2.37. The van der Waals surface area contributed by atoms with Crippen LogP contribution in [0.25, 0.3) is 0 Å². The fourth-order valence-electron chi connectivity index (χ4n) is 1.05. The van der Waals surface area contributed by atoms with Gasteiger partial charge in [-0.15, -0.1) is 0 Å².